The SMILES string of the molecule is CCOC(=O)C1=C(C)N=c2s/c(=C/c3cc(Br)c(OCc4ccc([N+](=O)[O-])cc4)c(OC)c3)c(=O)n2[C@H]1c1ccccc1OC(C)C. The van der Waals surface area contributed by atoms with E-state index in [2.05, 4.69) is 20.9 Å². The van der Waals surface area contributed by atoms with Crippen molar-refractivity contribution >= 4 is 45.0 Å². The summed E-state index contributed by atoms with van der Waals surface area (Å²) in [7, 11) is 1.51. The number of ether oxygens (including phenoxy) is 4. The van der Waals surface area contributed by atoms with Gasteiger partial charge in [0.15, 0.2) is 16.3 Å². The molecule has 1 aromatic heterocycles. The van der Waals surface area contributed by atoms with Crippen molar-refractivity contribution in [1.29, 1.82) is 0 Å². The second kappa shape index (κ2) is 14.3. The van der Waals surface area contributed by atoms with Crippen LogP contribution >= 0.6 is 27.3 Å². The summed E-state index contributed by atoms with van der Waals surface area (Å²) in [5.74, 6) is 0.848. The number of thiazole rings is 1. The van der Waals surface area contributed by atoms with E-state index in [1.165, 1.54) is 35.1 Å². The Morgan fingerprint density at radius 2 is 1.87 bits per heavy atom. The summed E-state index contributed by atoms with van der Waals surface area (Å²) >= 11 is 4.77. The van der Waals surface area contributed by atoms with Gasteiger partial charge in [-0.15, -0.1) is 0 Å². The van der Waals surface area contributed by atoms with E-state index in [4.69, 9.17) is 18.9 Å². The van der Waals surface area contributed by atoms with Crippen molar-refractivity contribution in [2.24, 2.45) is 4.99 Å². The smallest absolute Gasteiger partial charge is 0.338 e. The fourth-order valence-corrected chi connectivity index (χ4v) is 6.76. The van der Waals surface area contributed by atoms with Crippen LogP contribution in [0.1, 0.15) is 50.4 Å². The predicted octanol–water partition coefficient (Wildman–Crippen LogP) is 5.84. The van der Waals surface area contributed by atoms with Crippen LogP contribution in [0, 0.1) is 10.1 Å². The van der Waals surface area contributed by atoms with Gasteiger partial charge in [0.25, 0.3) is 11.2 Å². The third-order valence-corrected chi connectivity index (χ3v) is 8.75. The van der Waals surface area contributed by atoms with Crippen LogP contribution in [0.5, 0.6) is 17.2 Å². The van der Waals surface area contributed by atoms with Crippen molar-refractivity contribution in [2.75, 3.05) is 13.7 Å². The largest absolute Gasteiger partial charge is 0.493 e. The molecule has 0 fully saturated rings. The molecule has 2 heterocycles. The molecule has 5 rings (SSSR count). The Bertz CT molecular complexity index is 2050. The summed E-state index contributed by atoms with van der Waals surface area (Å²) in [4.78, 5) is 43.1. The summed E-state index contributed by atoms with van der Waals surface area (Å²) in [6.07, 6.45) is 1.59. The number of halogens is 1. The zero-order valence-electron chi connectivity index (χ0n) is 26.3. The molecule has 0 amide bonds. The second-order valence-corrected chi connectivity index (χ2v) is 12.6. The molecule has 0 radical (unpaired) electrons. The monoisotopic (exact) mass is 721 g/mol. The van der Waals surface area contributed by atoms with Crippen LogP contribution in [0.4, 0.5) is 5.69 Å². The Labute approximate surface area is 282 Å². The van der Waals surface area contributed by atoms with Gasteiger partial charge in [0.05, 0.1) is 45.0 Å². The summed E-state index contributed by atoms with van der Waals surface area (Å²) in [5.41, 5.74) is 2.43. The van der Waals surface area contributed by atoms with Crippen LogP contribution < -0.4 is 29.1 Å². The highest BCUT2D eigenvalue weighted by Crippen LogP contribution is 2.38. The minimum absolute atomic E-state index is 0.00570. The molecule has 0 saturated carbocycles. The third-order valence-electron chi connectivity index (χ3n) is 7.17. The zero-order valence-corrected chi connectivity index (χ0v) is 28.7. The summed E-state index contributed by atoms with van der Waals surface area (Å²) in [6.45, 7) is 7.60. The maximum absolute atomic E-state index is 14.2. The van der Waals surface area contributed by atoms with Gasteiger partial charge in [0.2, 0.25) is 0 Å². The second-order valence-electron chi connectivity index (χ2n) is 10.8. The Balaban J connectivity index is 1.57. The molecule has 13 heteroatoms. The number of benzene rings is 3. The third kappa shape index (κ3) is 7.15. The zero-order chi connectivity index (χ0) is 33.8. The number of non-ortho nitro benzene ring substituents is 1. The van der Waals surface area contributed by atoms with Gasteiger partial charge in [-0.05, 0) is 91.2 Å². The molecular weight excluding hydrogens is 690 g/mol. The summed E-state index contributed by atoms with van der Waals surface area (Å²) < 4.78 is 25.6. The van der Waals surface area contributed by atoms with E-state index in [0.717, 1.165) is 5.56 Å². The van der Waals surface area contributed by atoms with Gasteiger partial charge < -0.3 is 18.9 Å². The van der Waals surface area contributed by atoms with E-state index in [-0.39, 0.29) is 36.1 Å². The van der Waals surface area contributed by atoms with E-state index in [1.54, 1.807) is 44.2 Å². The van der Waals surface area contributed by atoms with Crippen LogP contribution in [0.3, 0.4) is 0 Å². The number of carbonyl (C=O) groups is 1. The number of hydrogen-bond donors (Lipinski definition) is 0. The minimum Gasteiger partial charge on any atom is -0.493 e. The molecule has 0 spiro atoms. The number of carbonyl (C=O) groups excluding carboxylic acids is 1. The Morgan fingerprint density at radius 1 is 1.15 bits per heavy atom. The molecule has 0 unspecified atom stereocenters. The fraction of sp³-hybridized carbons (Fsp3) is 0.265. The first-order valence-corrected chi connectivity index (χ1v) is 16.3. The normalized spacial score (nSPS) is 14.4. The lowest BCUT2D eigenvalue weighted by atomic mass is 9.95. The van der Waals surface area contributed by atoms with Gasteiger partial charge in [0.1, 0.15) is 18.4 Å². The minimum atomic E-state index is -0.820. The van der Waals surface area contributed by atoms with Crippen LogP contribution in [0.25, 0.3) is 6.08 Å². The highest BCUT2D eigenvalue weighted by atomic mass is 79.9. The van der Waals surface area contributed by atoms with Crippen LogP contribution in [-0.4, -0.2) is 35.3 Å². The Kier molecular flexibility index (Phi) is 10.3. The average molecular weight is 723 g/mol. The average Bonchev–Trinajstić information content (AvgIpc) is 3.33. The number of hydrogen-bond acceptors (Lipinski definition) is 10. The molecule has 4 aromatic rings. The number of aromatic nitrogens is 1. The number of fused-ring (bicyclic) bond motifs is 1. The first kappa shape index (κ1) is 33.6. The van der Waals surface area contributed by atoms with Crippen molar-refractivity contribution in [3.8, 4) is 17.2 Å². The predicted molar refractivity (Wildman–Crippen MR) is 181 cm³/mol. The summed E-state index contributed by atoms with van der Waals surface area (Å²) in [5, 5.41) is 11.0. The van der Waals surface area contributed by atoms with Crippen molar-refractivity contribution in [3.63, 3.8) is 0 Å². The molecule has 3 aromatic carbocycles. The van der Waals surface area contributed by atoms with Gasteiger partial charge in [-0.3, -0.25) is 19.5 Å². The maximum Gasteiger partial charge on any atom is 0.338 e. The molecule has 1 aliphatic rings. The molecule has 0 aliphatic carbocycles. The van der Waals surface area contributed by atoms with Gasteiger partial charge in [-0.2, -0.15) is 0 Å². The van der Waals surface area contributed by atoms with Gasteiger partial charge in [-0.25, -0.2) is 9.79 Å². The van der Waals surface area contributed by atoms with E-state index < -0.39 is 16.9 Å². The molecule has 1 aliphatic heterocycles. The lowest BCUT2D eigenvalue weighted by Gasteiger charge is -2.26. The number of nitro groups is 1. The summed E-state index contributed by atoms with van der Waals surface area (Å²) in [6, 6.07) is 16.2. The lowest BCUT2D eigenvalue weighted by Crippen LogP contribution is -2.40. The first-order chi connectivity index (χ1) is 22.5. The van der Waals surface area contributed by atoms with Crippen LogP contribution in [0.2, 0.25) is 0 Å². The van der Waals surface area contributed by atoms with Gasteiger partial charge in [0, 0.05) is 17.7 Å². The van der Waals surface area contributed by atoms with Crippen molar-refractivity contribution in [1.82, 2.24) is 4.57 Å². The van der Waals surface area contributed by atoms with E-state index >= 15 is 0 Å². The Hall–Kier alpha value is -4.75. The van der Waals surface area contributed by atoms with E-state index in [1.807, 2.05) is 38.1 Å². The molecule has 0 N–H and O–H groups in total. The van der Waals surface area contributed by atoms with Crippen molar-refractivity contribution in [3.05, 3.63) is 123 Å². The van der Waals surface area contributed by atoms with Crippen molar-refractivity contribution < 1.29 is 28.7 Å². The first-order valence-electron chi connectivity index (χ1n) is 14.7. The lowest BCUT2D eigenvalue weighted by molar-refractivity contribution is -0.384. The number of allylic oxidation sites excluding steroid dienone is 1. The molecule has 0 saturated heterocycles. The van der Waals surface area contributed by atoms with Crippen molar-refractivity contribution in [2.45, 2.75) is 46.4 Å². The molecule has 47 heavy (non-hydrogen) atoms. The molecule has 11 nitrogen and oxygen atoms in total. The number of rotatable bonds is 11. The molecule has 244 valence electrons. The van der Waals surface area contributed by atoms with Crippen LogP contribution in [-0.2, 0) is 16.1 Å². The van der Waals surface area contributed by atoms with E-state index in [9.17, 15) is 19.7 Å². The number of esters is 1. The Morgan fingerprint density at radius 3 is 2.53 bits per heavy atom. The highest BCUT2D eigenvalue weighted by molar-refractivity contribution is 9.10. The van der Waals surface area contributed by atoms with E-state index in [0.29, 0.717) is 47.9 Å². The number of nitro benzene ring substituents is 1. The molecule has 0 bridgehead atoms. The topological polar surface area (TPSA) is 131 Å². The van der Waals surface area contributed by atoms with Gasteiger partial charge in [-0.1, -0.05) is 29.5 Å². The maximum atomic E-state index is 14.2. The highest BCUT2D eigenvalue weighted by Gasteiger charge is 2.35. The number of para-hydroxylation sites is 1. The fourth-order valence-electron chi connectivity index (χ4n) is 5.14. The molecule has 1 atom stereocenters. The number of methoxy groups -OCH3 is 1. The van der Waals surface area contributed by atoms with Crippen LogP contribution in [0.15, 0.2) is 86.2 Å². The quantitative estimate of drug-likeness (QED) is 0.107. The molecular formula is C34H32BrN3O8S. The standard InChI is InChI=1S/C34H32BrN3O8S/c1-6-44-33(40)29-20(4)36-34-37(30(29)24-9-7-8-10-26(24)46-19(2)3)32(39)28(47-34)17-22-15-25(35)31(27(16-22)43-5)45-18-21-11-13-23(14-12-21)38(41)42/h7-17,19,30H,6,18H2,1-5H3/b28-17+/t30-/m0/s1. The van der Waals surface area contributed by atoms with Gasteiger partial charge >= 0.3 is 5.97 Å². The number of nitrogens with zero attached hydrogens (tertiary/aromatic N) is 3.